The van der Waals surface area contributed by atoms with Crippen LogP contribution in [-0.4, -0.2) is 37.2 Å². The number of hydrogen-bond acceptors (Lipinski definition) is 5. The molecule has 1 N–H and O–H groups in total. The molecule has 1 amide bonds. The van der Waals surface area contributed by atoms with Crippen molar-refractivity contribution in [1.29, 1.82) is 0 Å². The Morgan fingerprint density at radius 1 is 1.21 bits per heavy atom. The van der Waals surface area contributed by atoms with Gasteiger partial charge >= 0.3 is 0 Å². The zero-order valence-electron chi connectivity index (χ0n) is 13.5. The number of ether oxygens (including phenoxy) is 1. The van der Waals surface area contributed by atoms with Gasteiger partial charge in [0.25, 0.3) is 0 Å². The van der Waals surface area contributed by atoms with Gasteiger partial charge in [0.1, 0.15) is 0 Å². The van der Waals surface area contributed by atoms with Gasteiger partial charge in [0.2, 0.25) is 5.91 Å². The summed E-state index contributed by atoms with van der Waals surface area (Å²) in [5.74, 6) is 0.358. The second-order valence-corrected chi connectivity index (χ2v) is 7.15. The van der Waals surface area contributed by atoms with Crippen molar-refractivity contribution in [2.75, 3.05) is 36.5 Å². The largest absolute Gasteiger partial charge is 0.378 e. The summed E-state index contributed by atoms with van der Waals surface area (Å²) in [7, 11) is 0. The minimum atomic E-state index is 0.150. The molecule has 1 aromatic carbocycles. The van der Waals surface area contributed by atoms with E-state index in [0.717, 1.165) is 61.2 Å². The van der Waals surface area contributed by atoms with Gasteiger partial charge in [-0.25, -0.2) is 4.98 Å². The van der Waals surface area contributed by atoms with Crippen molar-refractivity contribution >= 4 is 28.1 Å². The Morgan fingerprint density at radius 3 is 2.62 bits per heavy atom. The molecule has 1 saturated carbocycles. The van der Waals surface area contributed by atoms with E-state index in [-0.39, 0.29) is 11.8 Å². The first-order valence-electron chi connectivity index (χ1n) is 8.49. The van der Waals surface area contributed by atoms with Crippen molar-refractivity contribution in [3.8, 4) is 11.3 Å². The van der Waals surface area contributed by atoms with Crippen LogP contribution in [0.5, 0.6) is 0 Å². The summed E-state index contributed by atoms with van der Waals surface area (Å²) in [5, 5.41) is 6.14. The highest BCUT2D eigenvalue weighted by Gasteiger charge is 2.25. The summed E-state index contributed by atoms with van der Waals surface area (Å²) in [6.45, 7) is 3.34. The highest BCUT2D eigenvalue weighted by Crippen LogP contribution is 2.30. The van der Waals surface area contributed by atoms with Gasteiger partial charge in [-0.15, -0.1) is 11.3 Å². The lowest BCUT2D eigenvalue weighted by Gasteiger charge is -2.26. The van der Waals surface area contributed by atoms with Crippen LogP contribution < -0.4 is 10.2 Å². The molecule has 24 heavy (non-hydrogen) atoms. The third kappa shape index (κ3) is 3.30. The second-order valence-electron chi connectivity index (χ2n) is 6.31. The van der Waals surface area contributed by atoms with E-state index < -0.39 is 0 Å². The van der Waals surface area contributed by atoms with Crippen LogP contribution >= 0.6 is 11.3 Å². The molecule has 6 heteroatoms. The maximum atomic E-state index is 12.0. The average Bonchev–Trinajstić information content (AvgIpc) is 3.05. The van der Waals surface area contributed by atoms with Crippen LogP contribution in [0.2, 0.25) is 0 Å². The van der Waals surface area contributed by atoms with Gasteiger partial charge < -0.3 is 15.0 Å². The molecule has 2 fully saturated rings. The average molecular weight is 343 g/mol. The number of carbonyl (C=O) groups is 1. The van der Waals surface area contributed by atoms with Gasteiger partial charge in [-0.1, -0.05) is 18.6 Å². The predicted molar refractivity (Wildman–Crippen MR) is 96.6 cm³/mol. The van der Waals surface area contributed by atoms with Crippen LogP contribution in [0.1, 0.15) is 19.3 Å². The number of nitrogens with zero attached hydrogens (tertiary/aromatic N) is 2. The second kappa shape index (κ2) is 6.91. The maximum Gasteiger partial charge on any atom is 0.227 e. The first-order valence-corrected chi connectivity index (χ1v) is 9.37. The Hall–Kier alpha value is -1.92. The number of nitrogens with one attached hydrogen (secondary N) is 1. The Labute approximate surface area is 145 Å². The molecular weight excluding hydrogens is 322 g/mol. The Balaban J connectivity index is 1.42. The van der Waals surface area contributed by atoms with E-state index in [9.17, 15) is 4.79 Å². The molecule has 1 aliphatic carbocycles. The minimum absolute atomic E-state index is 0.150. The molecule has 126 valence electrons. The van der Waals surface area contributed by atoms with Crippen molar-refractivity contribution in [3.05, 3.63) is 29.6 Å². The van der Waals surface area contributed by atoms with Gasteiger partial charge in [0, 0.05) is 35.6 Å². The minimum Gasteiger partial charge on any atom is -0.378 e. The zero-order valence-corrected chi connectivity index (χ0v) is 14.3. The van der Waals surface area contributed by atoms with Crippen LogP contribution in [-0.2, 0) is 9.53 Å². The van der Waals surface area contributed by atoms with Gasteiger partial charge in [0.15, 0.2) is 5.13 Å². The molecule has 0 unspecified atom stereocenters. The van der Waals surface area contributed by atoms with Crippen molar-refractivity contribution in [1.82, 2.24) is 4.98 Å². The van der Waals surface area contributed by atoms with E-state index in [0.29, 0.717) is 0 Å². The highest BCUT2D eigenvalue weighted by molar-refractivity contribution is 7.14. The van der Waals surface area contributed by atoms with E-state index in [1.165, 1.54) is 6.42 Å². The van der Waals surface area contributed by atoms with Crippen molar-refractivity contribution in [3.63, 3.8) is 0 Å². The van der Waals surface area contributed by atoms with E-state index >= 15 is 0 Å². The first kappa shape index (κ1) is 15.6. The van der Waals surface area contributed by atoms with E-state index in [1.54, 1.807) is 11.3 Å². The van der Waals surface area contributed by atoms with Crippen molar-refractivity contribution in [2.45, 2.75) is 19.3 Å². The van der Waals surface area contributed by atoms with Crippen LogP contribution in [0, 0.1) is 5.92 Å². The van der Waals surface area contributed by atoms with Crippen LogP contribution in [0.15, 0.2) is 29.6 Å². The number of carbonyl (C=O) groups excluding carboxylic acids is 1. The lowest BCUT2D eigenvalue weighted by atomic mass is 9.85. The number of thiazole rings is 1. The van der Waals surface area contributed by atoms with Gasteiger partial charge in [-0.3, -0.25) is 4.79 Å². The highest BCUT2D eigenvalue weighted by atomic mass is 32.1. The van der Waals surface area contributed by atoms with Crippen LogP contribution in [0.3, 0.4) is 0 Å². The summed E-state index contributed by atoms with van der Waals surface area (Å²) in [6, 6.07) is 7.96. The third-order valence-corrected chi connectivity index (χ3v) is 5.60. The lowest BCUT2D eigenvalue weighted by molar-refractivity contribution is -0.122. The predicted octanol–water partition coefficient (Wildman–Crippen LogP) is 3.39. The van der Waals surface area contributed by atoms with E-state index in [4.69, 9.17) is 9.72 Å². The van der Waals surface area contributed by atoms with Crippen molar-refractivity contribution < 1.29 is 9.53 Å². The number of aromatic nitrogens is 1. The molecule has 1 aliphatic heterocycles. The molecule has 5 nitrogen and oxygen atoms in total. The molecule has 4 rings (SSSR count). The fourth-order valence-corrected chi connectivity index (χ4v) is 3.82. The van der Waals surface area contributed by atoms with Gasteiger partial charge in [-0.2, -0.15) is 0 Å². The fourth-order valence-electron chi connectivity index (χ4n) is 2.94. The molecule has 0 bridgehead atoms. The molecule has 0 spiro atoms. The number of rotatable bonds is 4. The normalized spacial score (nSPS) is 18.2. The number of anilines is 2. The number of hydrogen-bond donors (Lipinski definition) is 1. The summed E-state index contributed by atoms with van der Waals surface area (Å²) in [5.41, 5.74) is 2.92. The quantitative estimate of drug-likeness (QED) is 0.925. The molecule has 0 radical (unpaired) electrons. The summed E-state index contributed by atoms with van der Waals surface area (Å²) in [6.07, 6.45) is 3.21. The summed E-state index contributed by atoms with van der Waals surface area (Å²) >= 11 is 1.67. The summed E-state index contributed by atoms with van der Waals surface area (Å²) in [4.78, 5) is 19.0. The molecule has 2 aliphatic rings. The zero-order chi connectivity index (χ0) is 16.4. The fraction of sp³-hybridized carbons (Fsp3) is 0.444. The number of morpholine rings is 1. The first-order chi connectivity index (χ1) is 11.8. The van der Waals surface area contributed by atoms with Crippen LogP contribution in [0.4, 0.5) is 10.8 Å². The maximum absolute atomic E-state index is 12.0. The topological polar surface area (TPSA) is 54.5 Å². The molecule has 2 aromatic rings. The number of benzene rings is 1. The van der Waals surface area contributed by atoms with E-state index in [2.05, 4.69) is 15.6 Å². The number of amides is 1. The molecular formula is C18H21N3O2S. The van der Waals surface area contributed by atoms with Crippen molar-refractivity contribution in [2.24, 2.45) is 5.92 Å². The monoisotopic (exact) mass is 343 g/mol. The van der Waals surface area contributed by atoms with E-state index in [1.807, 2.05) is 24.3 Å². The van der Waals surface area contributed by atoms with Crippen LogP contribution in [0.25, 0.3) is 11.3 Å². The molecule has 0 atom stereocenters. The SMILES string of the molecule is O=C(Nc1ccc(-c2csc(N3CCOCC3)n2)cc1)C1CCC1. The lowest BCUT2D eigenvalue weighted by Crippen LogP contribution is -2.36. The Kier molecular flexibility index (Phi) is 4.49. The third-order valence-electron chi connectivity index (χ3n) is 4.70. The smallest absolute Gasteiger partial charge is 0.227 e. The van der Waals surface area contributed by atoms with Gasteiger partial charge in [-0.05, 0) is 25.0 Å². The molecule has 1 saturated heterocycles. The standard InChI is InChI=1S/C18H21N3O2S/c22-17(14-2-1-3-14)19-15-6-4-13(5-7-15)16-12-24-18(20-16)21-8-10-23-11-9-21/h4-7,12,14H,1-3,8-11H2,(H,19,22). The Bertz CT molecular complexity index is 703. The summed E-state index contributed by atoms with van der Waals surface area (Å²) < 4.78 is 5.39. The Morgan fingerprint density at radius 2 is 1.96 bits per heavy atom. The molecule has 2 heterocycles. The molecule has 1 aromatic heterocycles. The van der Waals surface area contributed by atoms with Gasteiger partial charge in [0.05, 0.1) is 18.9 Å².